The Hall–Kier alpha value is -2.63. The van der Waals surface area contributed by atoms with Crippen LogP contribution in [0.5, 0.6) is 0 Å². The Labute approximate surface area is 460 Å². The molecule has 1 atom stereocenters. The van der Waals surface area contributed by atoms with Crippen LogP contribution in [-0.2, 0) is 28.6 Å². The molecule has 0 aromatic rings. The molecule has 6 heteroatoms. The molecule has 0 aliphatic heterocycles. The molecule has 0 N–H and O–H groups in total. The molecule has 0 aromatic heterocycles. The van der Waals surface area contributed by atoms with Crippen molar-refractivity contribution in [3.8, 4) is 0 Å². The standard InChI is InChI=1S/C68H124O6/c1-4-7-10-13-15-17-19-21-23-25-27-29-31-33-34-35-37-38-40-42-44-46-48-50-52-55-58-61-67(70)73-64-65(63-72-66(69)60-57-54-12-9-6-3)74-68(71)62-59-56-53-51-49-47-45-43-41-39-36-32-30-28-26-24-22-20-18-16-14-11-8-5-2/h7,10,15,17,21,23,27,29,65H,4-6,8-9,11-14,16,18-20,22,24-26,28,30-64H2,1-3H3/b10-7-,17-15-,23-21-,29-27-. The molecule has 0 saturated carbocycles. The average molecular weight is 1040 g/mol. The highest BCUT2D eigenvalue weighted by atomic mass is 16.6. The maximum absolute atomic E-state index is 12.8. The number of carbonyl (C=O) groups is 3. The molecule has 0 aromatic carbocycles. The predicted octanol–water partition coefficient (Wildman–Crippen LogP) is 22.2. The number of unbranched alkanes of at least 4 members (excludes halogenated alkanes) is 41. The number of esters is 3. The molecule has 0 aliphatic rings. The second kappa shape index (κ2) is 62.9. The minimum absolute atomic E-state index is 0.0690. The smallest absolute Gasteiger partial charge is 0.306 e. The van der Waals surface area contributed by atoms with E-state index in [9.17, 15) is 14.4 Å². The third kappa shape index (κ3) is 60.2. The Morgan fingerprint density at radius 3 is 0.824 bits per heavy atom. The molecule has 0 heterocycles. The van der Waals surface area contributed by atoms with Crippen molar-refractivity contribution in [2.24, 2.45) is 0 Å². The molecule has 0 bridgehead atoms. The number of carbonyl (C=O) groups excluding carboxylic acids is 3. The van der Waals surface area contributed by atoms with E-state index in [1.54, 1.807) is 0 Å². The lowest BCUT2D eigenvalue weighted by atomic mass is 10.0. The molecule has 1 unspecified atom stereocenters. The van der Waals surface area contributed by atoms with Crippen LogP contribution in [0.2, 0.25) is 0 Å². The largest absolute Gasteiger partial charge is 0.462 e. The van der Waals surface area contributed by atoms with Crippen molar-refractivity contribution in [3.05, 3.63) is 48.6 Å². The van der Waals surface area contributed by atoms with Crippen LogP contribution >= 0.6 is 0 Å². The van der Waals surface area contributed by atoms with Crippen molar-refractivity contribution in [1.29, 1.82) is 0 Å². The first-order valence-electron chi connectivity index (χ1n) is 32.6. The Morgan fingerprint density at radius 1 is 0.284 bits per heavy atom. The minimum Gasteiger partial charge on any atom is -0.462 e. The fraction of sp³-hybridized carbons (Fsp3) is 0.838. The molecule has 0 rings (SSSR count). The van der Waals surface area contributed by atoms with E-state index in [1.807, 2.05) is 0 Å². The summed E-state index contributed by atoms with van der Waals surface area (Å²) in [6.07, 6.45) is 79.0. The molecule has 0 radical (unpaired) electrons. The quantitative estimate of drug-likeness (QED) is 0.0261. The SMILES string of the molecule is CC/C=C\C/C=C\C/C=C\C/C=C\CCCCCCCCCCCCCCCCC(=O)OCC(COC(=O)CCCCCCC)OC(=O)CCCCCCCCCCCCCCCCCCCCCCCCCC. The molecule has 0 aliphatic carbocycles. The van der Waals surface area contributed by atoms with Gasteiger partial charge in [-0.05, 0) is 57.8 Å². The van der Waals surface area contributed by atoms with Crippen molar-refractivity contribution in [2.45, 2.75) is 354 Å². The van der Waals surface area contributed by atoms with Crippen LogP contribution < -0.4 is 0 Å². The van der Waals surface area contributed by atoms with Crippen molar-refractivity contribution in [2.75, 3.05) is 13.2 Å². The summed E-state index contributed by atoms with van der Waals surface area (Å²) in [5, 5.41) is 0. The van der Waals surface area contributed by atoms with Crippen LogP contribution in [0.15, 0.2) is 48.6 Å². The van der Waals surface area contributed by atoms with Crippen LogP contribution in [0, 0.1) is 0 Å². The van der Waals surface area contributed by atoms with Gasteiger partial charge in [0.2, 0.25) is 0 Å². The summed E-state index contributed by atoms with van der Waals surface area (Å²) in [5.41, 5.74) is 0. The number of hydrogen-bond acceptors (Lipinski definition) is 6. The first-order valence-corrected chi connectivity index (χ1v) is 32.6. The van der Waals surface area contributed by atoms with E-state index < -0.39 is 6.10 Å². The average Bonchev–Trinajstić information content (AvgIpc) is 3.40. The molecule has 0 amide bonds. The van der Waals surface area contributed by atoms with Gasteiger partial charge in [0.25, 0.3) is 0 Å². The summed E-state index contributed by atoms with van der Waals surface area (Å²) in [6, 6.07) is 0. The van der Waals surface area contributed by atoms with Gasteiger partial charge in [0.05, 0.1) is 0 Å². The Bertz CT molecular complexity index is 1280. The van der Waals surface area contributed by atoms with E-state index in [1.165, 1.54) is 218 Å². The molecule has 74 heavy (non-hydrogen) atoms. The topological polar surface area (TPSA) is 78.9 Å². The molecule has 432 valence electrons. The summed E-state index contributed by atoms with van der Waals surface area (Å²) in [7, 11) is 0. The Morgan fingerprint density at radius 2 is 0.527 bits per heavy atom. The lowest BCUT2D eigenvalue weighted by Gasteiger charge is -2.18. The Kier molecular flexibility index (Phi) is 60.7. The van der Waals surface area contributed by atoms with E-state index >= 15 is 0 Å². The van der Waals surface area contributed by atoms with Gasteiger partial charge in [0.15, 0.2) is 6.10 Å². The molecule has 0 fully saturated rings. The van der Waals surface area contributed by atoms with Crippen molar-refractivity contribution in [3.63, 3.8) is 0 Å². The zero-order chi connectivity index (χ0) is 53.6. The molecular weight excluding hydrogens is 913 g/mol. The molecule has 0 saturated heterocycles. The number of hydrogen-bond donors (Lipinski definition) is 0. The van der Waals surface area contributed by atoms with Gasteiger partial charge in [-0.1, -0.05) is 320 Å². The third-order valence-corrected chi connectivity index (χ3v) is 14.6. The lowest BCUT2D eigenvalue weighted by Crippen LogP contribution is -2.30. The van der Waals surface area contributed by atoms with Gasteiger partial charge in [-0.2, -0.15) is 0 Å². The maximum Gasteiger partial charge on any atom is 0.306 e. The van der Waals surface area contributed by atoms with Crippen molar-refractivity contribution in [1.82, 2.24) is 0 Å². The first-order chi connectivity index (χ1) is 36.5. The summed E-state index contributed by atoms with van der Waals surface area (Å²) in [5.74, 6) is -0.862. The fourth-order valence-electron chi connectivity index (χ4n) is 9.73. The van der Waals surface area contributed by atoms with E-state index in [-0.39, 0.29) is 31.1 Å². The van der Waals surface area contributed by atoms with Crippen molar-refractivity contribution < 1.29 is 28.6 Å². The lowest BCUT2D eigenvalue weighted by molar-refractivity contribution is -0.167. The fourth-order valence-corrected chi connectivity index (χ4v) is 9.73. The van der Waals surface area contributed by atoms with E-state index in [2.05, 4.69) is 69.4 Å². The van der Waals surface area contributed by atoms with Gasteiger partial charge < -0.3 is 14.2 Å². The zero-order valence-electron chi connectivity index (χ0n) is 49.6. The summed E-state index contributed by atoms with van der Waals surface area (Å²) in [6.45, 7) is 6.50. The van der Waals surface area contributed by atoms with E-state index in [4.69, 9.17) is 14.2 Å². The second-order valence-electron chi connectivity index (χ2n) is 22.0. The zero-order valence-corrected chi connectivity index (χ0v) is 49.6. The van der Waals surface area contributed by atoms with Gasteiger partial charge in [-0.3, -0.25) is 14.4 Å². The van der Waals surface area contributed by atoms with Crippen LogP contribution in [-0.4, -0.2) is 37.2 Å². The summed E-state index contributed by atoms with van der Waals surface area (Å²) >= 11 is 0. The summed E-state index contributed by atoms with van der Waals surface area (Å²) in [4.78, 5) is 37.9. The van der Waals surface area contributed by atoms with Crippen LogP contribution in [0.3, 0.4) is 0 Å². The number of allylic oxidation sites excluding steroid dienone is 8. The highest BCUT2D eigenvalue weighted by molar-refractivity contribution is 5.71. The highest BCUT2D eigenvalue weighted by Crippen LogP contribution is 2.18. The minimum atomic E-state index is -0.767. The van der Waals surface area contributed by atoms with Gasteiger partial charge >= 0.3 is 17.9 Å². The molecule has 0 spiro atoms. The summed E-state index contributed by atoms with van der Waals surface area (Å²) < 4.78 is 16.8. The van der Waals surface area contributed by atoms with Crippen LogP contribution in [0.1, 0.15) is 348 Å². The van der Waals surface area contributed by atoms with Gasteiger partial charge in [0, 0.05) is 19.3 Å². The van der Waals surface area contributed by atoms with Crippen LogP contribution in [0.25, 0.3) is 0 Å². The maximum atomic E-state index is 12.8. The molecule has 6 nitrogen and oxygen atoms in total. The number of ether oxygens (including phenoxy) is 3. The van der Waals surface area contributed by atoms with E-state index in [0.717, 1.165) is 89.9 Å². The molecular formula is C68H124O6. The van der Waals surface area contributed by atoms with E-state index in [0.29, 0.717) is 19.3 Å². The van der Waals surface area contributed by atoms with Gasteiger partial charge in [-0.25, -0.2) is 0 Å². The van der Waals surface area contributed by atoms with Crippen LogP contribution in [0.4, 0.5) is 0 Å². The second-order valence-corrected chi connectivity index (χ2v) is 22.0. The highest BCUT2D eigenvalue weighted by Gasteiger charge is 2.19. The number of rotatable bonds is 60. The normalized spacial score (nSPS) is 12.3. The third-order valence-electron chi connectivity index (χ3n) is 14.6. The monoisotopic (exact) mass is 1040 g/mol. The van der Waals surface area contributed by atoms with Crippen molar-refractivity contribution >= 4 is 17.9 Å². The Balaban J connectivity index is 3.98. The van der Waals surface area contributed by atoms with Gasteiger partial charge in [-0.15, -0.1) is 0 Å². The first kappa shape index (κ1) is 71.4. The predicted molar refractivity (Wildman–Crippen MR) is 321 cm³/mol. The van der Waals surface area contributed by atoms with Gasteiger partial charge in [0.1, 0.15) is 13.2 Å².